The Morgan fingerprint density at radius 2 is 1.81 bits per heavy atom. The van der Waals surface area contributed by atoms with Gasteiger partial charge in [-0.25, -0.2) is 4.99 Å². The van der Waals surface area contributed by atoms with Crippen molar-refractivity contribution in [3.63, 3.8) is 0 Å². The predicted molar refractivity (Wildman–Crippen MR) is 135 cm³/mol. The first-order chi connectivity index (χ1) is 15.5. The standard InChI is InChI=1S/C25H27BrN2O3S/c1-16-9-7-8-12-20(16)28-24(29)23(32-25(28)27-18-10-5-4-6-11-18)14-17-13-19(26)22(31-3)15-21(17)30-2/h4-6,10-11,13-16,20H,7-9,12H2,1-3H3/b23-14-,27-25?/t16-,20+/m1/s1. The fourth-order valence-electron chi connectivity index (χ4n) is 4.29. The lowest BCUT2D eigenvalue weighted by Crippen LogP contribution is -2.44. The molecular formula is C25H27BrN2O3S. The van der Waals surface area contributed by atoms with Gasteiger partial charge in [-0.15, -0.1) is 0 Å². The van der Waals surface area contributed by atoms with Crippen LogP contribution in [0.4, 0.5) is 5.69 Å². The molecule has 2 fully saturated rings. The first kappa shape index (κ1) is 22.9. The van der Waals surface area contributed by atoms with Gasteiger partial charge >= 0.3 is 0 Å². The molecule has 2 atom stereocenters. The van der Waals surface area contributed by atoms with Crippen LogP contribution in [0.5, 0.6) is 11.5 Å². The molecule has 1 aliphatic carbocycles. The molecule has 1 saturated heterocycles. The van der Waals surface area contributed by atoms with Crippen LogP contribution in [-0.4, -0.2) is 36.2 Å². The zero-order chi connectivity index (χ0) is 22.7. The molecule has 2 aliphatic rings. The van der Waals surface area contributed by atoms with E-state index in [-0.39, 0.29) is 11.9 Å². The van der Waals surface area contributed by atoms with E-state index >= 15 is 0 Å². The number of benzene rings is 2. The number of rotatable bonds is 5. The third-order valence-corrected chi connectivity index (χ3v) is 7.61. The summed E-state index contributed by atoms with van der Waals surface area (Å²) in [4.78, 5) is 21.1. The van der Waals surface area contributed by atoms with Gasteiger partial charge in [-0.1, -0.05) is 38.0 Å². The summed E-state index contributed by atoms with van der Waals surface area (Å²) >= 11 is 4.97. The number of amidine groups is 1. The highest BCUT2D eigenvalue weighted by Crippen LogP contribution is 2.42. The Morgan fingerprint density at radius 3 is 2.50 bits per heavy atom. The monoisotopic (exact) mass is 514 g/mol. The van der Waals surface area contributed by atoms with Crippen molar-refractivity contribution in [3.8, 4) is 11.5 Å². The van der Waals surface area contributed by atoms with Crippen LogP contribution in [0.3, 0.4) is 0 Å². The number of ether oxygens (including phenoxy) is 2. The summed E-state index contributed by atoms with van der Waals surface area (Å²) in [7, 11) is 3.23. The Kier molecular flexibility index (Phi) is 7.26. The van der Waals surface area contributed by atoms with Gasteiger partial charge in [-0.2, -0.15) is 0 Å². The van der Waals surface area contributed by atoms with Crippen LogP contribution in [-0.2, 0) is 4.79 Å². The highest BCUT2D eigenvalue weighted by molar-refractivity contribution is 9.10. The van der Waals surface area contributed by atoms with Gasteiger partial charge in [0.1, 0.15) is 11.5 Å². The molecule has 0 unspecified atom stereocenters. The van der Waals surface area contributed by atoms with E-state index in [0.29, 0.717) is 22.3 Å². The van der Waals surface area contributed by atoms with Crippen molar-refractivity contribution in [2.45, 2.75) is 38.6 Å². The quantitative estimate of drug-likeness (QED) is 0.419. The van der Waals surface area contributed by atoms with Crippen LogP contribution in [0.2, 0.25) is 0 Å². The van der Waals surface area contributed by atoms with E-state index < -0.39 is 0 Å². The second-order valence-corrected chi connectivity index (χ2v) is 9.94. The van der Waals surface area contributed by atoms with Crippen molar-refractivity contribution < 1.29 is 14.3 Å². The molecular weight excluding hydrogens is 488 g/mol. The van der Waals surface area contributed by atoms with Crippen molar-refractivity contribution in [2.24, 2.45) is 10.9 Å². The lowest BCUT2D eigenvalue weighted by Gasteiger charge is -2.35. The van der Waals surface area contributed by atoms with Crippen LogP contribution < -0.4 is 9.47 Å². The zero-order valence-electron chi connectivity index (χ0n) is 18.5. The molecule has 1 saturated carbocycles. The Balaban J connectivity index is 1.75. The highest BCUT2D eigenvalue weighted by Gasteiger charge is 2.41. The number of hydrogen-bond acceptors (Lipinski definition) is 5. The van der Waals surface area contributed by atoms with Gasteiger partial charge in [0.15, 0.2) is 5.17 Å². The van der Waals surface area contributed by atoms with Crippen LogP contribution in [0.1, 0.15) is 38.2 Å². The minimum Gasteiger partial charge on any atom is -0.496 e. The van der Waals surface area contributed by atoms with Gasteiger partial charge in [-0.05, 0) is 70.7 Å². The van der Waals surface area contributed by atoms with E-state index in [1.54, 1.807) is 14.2 Å². The Bertz CT molecular complexity index is 1050. The Morgan fingerprint density at radius 1 is 1.09 bits per heavy atom. The van der Waals surface area contributed by atoms with E-state index in [4.69, 9.17) is 14.5 Å². The summed E-state index contributed by atoms with van der Waals surface area (Å²) in [5.74, 6) is 1.78. The number of hydrogen-bond donors (Lipinski definition) is 0. The van der Waals surface area contributed by atoms with E-state index in [1.165, 1.54) is 18.2 Å². The molecule has 2 aromatic carbocycles. The summed E-state index contributed by atoms with van der Waals surface area (Å²) < 4.78 is 11.7. The number of amides is 1. The van der Waals surface area contributed by atoms with Crippen molar-refractivity contribution in [3.05, 3.63) is 57.4 Å². The average molecular weight is 515 g/mol. The van der Waals surface area contributed by atoms with Crippen LogP contribution in [0.15, 0.2) is 56.8 Å². The molecule has 0 N–H and O–H groups in total. The maximum Gasteiger partial charge on any atom is 0.267 e. The summed E-state index contributed by atoms with van der Waals surface area (Å²) in [6, 6.07) is 13.7. The van der Waals surface area contributed by atoms with E-state index in [1.807, 2.05) is 53.4 Å². The Labute approximate surface area is 202 Å². The van der Waals surface area contributed by atoms with Crippen molar-refractivity contribution >= 4 is 50.5 Å². The first-order valence-corrected chi connectivity index (χ1v) is 12.4. The summed E-state index contributed by atoms with van der Waals surface area (Å²) in [6.45, 7) is 2.24. The Hall–Kier alpha value is -2.25. The van der Waals surface area contributed by atoms with Gasteiger partial charge in [0.25, 0.3) is 5.91 Å². The lowest BCUT2D eigenvalue weighted by molar-refractivity contribution is -0.124. The number of para-hydroxylation sites is 1. The number of carbonyl (C=O) groups excluding carboxylic acids is 1. The molecule has 168 valence electrons. The molecule has 0 aromatic heterocycles. The smallest absolute Gasteiger partial charge is 0.267 e. The first-order valence-electron chi connectivity index (χ1n) is 10.8. The second-order valence-electron chi connectivity index (χ2n) is 8.07. The second kappa shape index (κ2) is 10.1. The number of nitrogens with zero attached hydrogens (tertiary/aromatic N) is 2. The molecule has 5 nitrogen and oxygen atoms in total. The molecule has 1 aliphatic heterocycles. The third-order valence-electron chi connectivity index (χ3n) is 6.01. The largest absolute Gasteiger partial charge is 0.496 e. The summed E-state index contributed by atoms with van der Waals surface area (Å²) in [5.41, 5.74) is 1.66. The van der Waals surface area contributed by atoms with Crippen LogP contribution in [0, 0.1) is 5.92 Å². The van der Waals surface area contributed by atoms with Crippen molar-refractivity contribution in [1.29, 1.82) is 0 Å². The molecule has 1 heterocycles. The van der Waals surface area contributed by atoms with Crippen molar-refractivity contribution in [2.75, 3.05) is 14.2 Å². The number of aliphatic imine (C=N–C) groups is 1. The molecule has 32 heavy (non-hydrogen) atoms. The predicted octanol–water partition coefficient (Wildman–Crippen LogP) is 6.65. The molecule has 0 radical (unpaired) electrons. The van der Waals surface area contributed by atoms with Crippen molar-refractivity contribution in [1.82, 2.24) is 4.90 Å². The molecule has 1 amide bonds. The molecule has 0 bridgehead atoms. The maximum absolute atomic E-state index is 13.6. The number of carbonyl (C=O) groups is 1. The van der Waals surface area contributed by atoms with Gasteiger partial charge in [0, 0.05) is 17.7 Å². The number of halogens is 1. The third kappa shape index (κ3) is 4.74. The zero-order valence-corrected chi connectivity index (χ0v) is 20.9. The van der Waals surface area contributed by atoms with E-state index in [2.05, 4.69) is 22.9 Å². The highest BCUT2D eigenvalue weighted by atomic mass is 79.9. The summed E-state index contributed by atoms with van der Waals surface area (Å²) in [5, 5.41) is 0.748. The normalized spacial score (nSPS) is 23.8. The molecule has 0 spiro atoms. The average Bonchev–Trinajstić information content (AvgIpc) is 3.09. The van der Waals surface area contributed by atoms with E-state index in [0.717, 1.165) is 40.2 Å². The summed E-state index contributed by atoms with van der Waals surface area (Å²) in [6.07, 6.45) is 6.39. The van der Waals surface area contributed by atoms with Gasteiger partial charge < -0.3 is 9.47 Å². The van der Waals surface area contributed by atoms with Crippen LogP contribution >= 0.6 is 27.7 Å². The SMILES string of the molecule is COc1cc(OC)c(/C=C2\SC(=Nc3ccccc3)N([C@H]3CCCC[C@H]3C)C2=O)cc1Br. The van der Waals surface area contributed by atoms with Crippen LogP contribution in [0.25, 0.3) is 6.08 Å². The minimum absolute atomic E-state index is 0.0115. The molecule has 7 heteroatoms. The minimum atomic E-state index is 0.0115. The van der Waals surface area contributed by atoms with Gasteiger partial charge in [0.2, 0.25) is 0 Å². The fourth-order valence-corrected chi connectivity index (χ4v) is 5.85. The van der Waals surface area contributed by atoms with E-state index in [9.17, 15) is 4.79 Å². The molecule has 4 rings (SSSR count). The number of methoxy groups -OCH3 is 2. The topological polar surface area (TPSA) is 51.1 Å². The lowest BCUT2D eigenvalue weighted by atomic mass is 9.85. The van der Waals surface area contributed by atoms with Gasteiger partial charge in [-0.3, -0.25) is 9.69 Å². The fraction of sp³-hybridized carbons (Fsp3) is 0.360. The number of thioether (sulfide) groups is 1. The molecule has 2 aromatic rings. The van der Waals surface area contributed by atoms with Gasteiger partial charge in [0.05, 0.1) is 29.3 Å². The maximum atomic E-state index is 13.6.